The van der Waals surface area contributed by atoms with Crippen LogP contribution in [0.1, 0.15) is 38.2 Å². The summed E-state index contributed by atoms with van der Waals surface area (Å²) in [6.45, 7) is -0.0809. The molecule has 0 radical (unpaired) electrons. The molecule has 0 atom stereocenters. The summed E-state index contributed by atoms with van der Waals surface area (Å²) in [5.41, 5.74) is 0.944. The van der Waals surface area contributed by atoms with Gasteiger partial charge in [0.1, 0.15) is 5.75 Å². The Kier molecular flexibility index (Phi) is 4.79. The molecule has 1 saturated carbocycles. The molecule has 1 fully saturated rings. The van der Waals surface area contributed by atoms with Crippen molar-refractivity contribution < 1.29 is 13.5 Å². The van der Waals surface area contributed by atoms with E-state index in [1.807, 2.05) is 6.07 Å². The van der Waals surface area contributed by atoms with E-state index in [9.17, 15) is 8.78 Å². The third-order valence-corrected chi connectivity index (χ3v) is 4.37. The molecule has 1 aliphatic carbocycles. The first-order valence-electron chi connectivity index (χ1n) is 6.53. The molecule has 0 saturated heterocycles. The van der Waals surface area contributed by atoms with Crippen LogP contribution in [0.4, 0.5) is 8.78 Å². The van der Waals surface area contributed by atoms with Crippen molar-refractivity contribution in [2.75, 3.05) is 0 Å². The third kappa shape index (κ3) is 3.66. The van der Waals surface area contributed by atoms with Gasteiger partial charge in [0.25, 0.3) is 0 Å². The van der Waals surface area contributed by atoms with Crippen LogP contribution in [0, 0.1) is 0 Å². The van der Waals surface area contributed by atoms with E-state index in [1.165, 1.54) is 6.42 Å². The molecule has 0 bridgehead atoms. The summed E-state index contributed by atoms with van der Waals surface area (Å²) in [7, 11) is 0. The first-order valence-corrected chi connectivity index (χ1v) is 7.32. The van der Waals surface area contributed by atoms with Gasteiger partial charge in [-0.15, -0.1) is 0 Å². The molecule has 0 aromatic heterocycles. The molecule has 1 aromatic carbocycles. The summed E-state index contributed by atoms with van der Waals surface area (Å²) in [6.07, 6.45) is 4.61. The minimum absolute atomic E-state index is 0.185. The summed E-state index contributed by atoms with van der Waals surface area (Å²) in [5, 5.41) is 3.49. The summed E-state index contributed by atoms with van der Waals surface area (Å²) in [4.78, 5) is 0. The lowest BCUT2D eigenvalue weighted by Gasteiger charge is -2.42. The van der Waals surface area contributed by atoms with Gasteiger partial charge in [-0.25, -0.2) is 0 Å². The van der Waals surface area contributed by atoms with E-state index in [-0.39, 0.29) is 11.3 Å². The van der Waals surface area contributed by atoms with Gasteiger partial charge < -0.3 is 10.1 Å². The summed E-state index contributed by atoms with van der Waals surface area (Å²) in [6, 6.07) is 5.11. The van der Waals surface area contributed by atoms with Crippen LogP contribution in [0.25, 0.3) is 0 Å². The van der Waals surface area contributed by atoms with Crippen molar-refractivity contribution in [2.24, 2.45) is 0 Å². The Labute approximate surface area is 120 Å². The maximum Gasteiger partial charge on any atom is 0.387 e. The van der Waals surface area contributed by atoms with E-state index in [1.54, 1.807) is 12.1 Å². The summed E-state index contributed by atoms with van der Waals surface area (Å²) in [5.74, 6) is 0.247. The average Bonchev–Trinajstić information content (AvgIpc) is 2.31. The van der Waals surface area contributed by atoms with E-state index in [0.29, 0.717) is 6.54 Å². The van der Waals surface area contributed by atoms with E-state index in [4.69, 9.17) is 0 Å². The van der Waals surface area contributed by atoms with Crippen LogP contribution in [0.3, 0.4) is 0 Å². The minimum atomic E-state index is -2.79. The molecule has 2 rings (SSSR count). The molecule has 0 aliphatic heterocycles. The van der Waals surface area contributed by atoms with Crippen molar-refractivity contribution in [3.05, 3.63) is 28.2 Å². The highest BCUT2D eigenvalue weighted by Gasteiger charge is 2.34. The molecule has 0 unspecified atom stereocenters. The SMILES string of the molecule is CCC1(NCc2cc(Br)ccc2OC(F)F)CCC1. The first-order chi connectivity index (χ1) is 9.04. The van der Waals surface area contributed by atoms with Crippen molar-refractivity contribution in [3.63, 3.8) is 0 Å². The smallest absolute Gasteiger partial charge is 0.387 e. The zero-order chi connectivity index (χ0) is 13.9. The van der Waals surface area contributed by atoms with Crippen molar-refractivity contribution in [3.8, 4) is 5.75 Å². The highest BCUT2D eigenvalue weighted by atomic mass is 79.9. The Balaban J connectivity index is 2.07. The normalized spacial score (nSPS) is 17.3. The fraction of sp³-hybridized carbons (Fsp3) is 0.571. The average molecular weight is 334 g/mol. The molecule has 1 aliphatic rings. The summed E-state index contributed by atoms with van der Waals surface area (Å²) < 4.78 is 30.2. The van der Waals surface area contributed by atoms with Gasteiger partial charge in [0, 0.05) is 22.1 Å². The molecule has 5 heteroatoms. The standard InChI is InChI=1S/C14H18BrF2NO/c1-2-14(6-3-7-14)18-9-10-8-11(15)4-5-12(10)19-13(16)17/h4-5,8,13,18H,2-3,6-7,9H2,1H3. The molecule has 0 amide bonds. The molecule has 106 valence electrons. The predicted octanol–water partition coefficient (Wildman–Crippen LogP) is 4.47. The van der Waals surface area contributed by atoms with Crippen LogP contribution >= 0.6 is 15.9 Å². The highest BCUT2D eigenvalue weighted by molar-refractivity contribution is 9.10. The Bertz CT molecular complexity index is 430. The fourth-order valence-corrected chi connectivity index (χ4v) is 2.85. The number of ether oxygens (including phenoxy) is 1. The maximum atomic E-state index is 12.4. The molecule has 0 heterocycles. The number of rotatable bonds is 6. The largest absolute Gasteiger partial charge is 0.434 e. The Morgan fingerprint density at radius 2 is 2.16 bits per heavy atom. The lowest BCUT2D eigenvalue weighted by atomic mass is 9.75. The van der Waals surface area contributed by atoms with Gasteiger partial charge in [-0.2, -0.15) is 8.78 Å². The molecule has 2 nitrogen and oxygen atoms in total. The molecular weight excluding hydrogens is 316 g/mol. The second kappa shape index (κ2) is 6.18. The van der Waals surface area contributed by atoms with Crippen molar-refractivity contribution >= 4 is 15.9 Å². The highest BCUT2D eigenvalue weighted by Crippen LogP contribution is 2.35. The van der Waals surface area contributed by atoms with E-state index < -0.39 is 6.61 Å². The number of halogens is 3. The fourth-order valence-electron chi connectivity index (χ4n) is 2.44. The van der Waals surface area contributed by atoms with Crippen LogP contribution in [0.15, 0.2) is 22.7 Å². The molecule has 0 spiro atoms. The molecule has 1 aromatic rings. The van der Waals surface area contributed by atoms with Gasteiger partial charge in [-0.1, -0.05) is 22.9 Å². The topological polar surface area (TPSA) is 21.3 Å². The van der Waals surface area contributed by atoms with Gasteiger partial charge in [0.05, 0.1) is 0 Å². The maximum absolute atomic E-state index is 12.4. The Hall–Kier alpha value is -0.680. The van der Waals surface area contributed by atoms with Crippen molar-refractivity contribution in [1.29, 1.82) is 0 Å². The number of hydrogen-bond acceptors (Lipinski definition) is 2. The van der Waals surface area contributed by atoms with E-state index in [0.717, 1.165) is 29.3 Å². The van der Waals surface area contributed by atoms with Gasteiger partial charge in [-0.3, -0.25) is 0 Å². The second-order valence-electron chi connectivity index (χ2n) is 4.97. The number of benzene rings is 1. The zero-order valence-electron chi connectivity index (χ0n) is 10.9. The molecule has 1 N–H and O–H groups in total. The first kappa shape index (κ1) is 14.7. The van der Waals surface area contributed by atoms with E-state index in [2.05, 4.69) is 32.9 Å². The molecular formula is C14H18BrF2NO. The predicted molar refractivity (Wildman–Crippen MR) is 74.5 cm³/mol. The number of hydrogen-bond donors (Lipinski definition) is 1. The van der Waals surface area contributed by atoms with Gasteiger partial charge >= 0.3 is 6.61 Å². The Morgan fingerprint density at radius 3 is 2.68 bits per heavy atom. The van der Waals surface area contributed by atoms with Crippen LogP contribution in [0.2, 0.25) is 0 Å². The number of alkyl halides is 2. The van der Waals surface area contributed by atoms with Crippen LogP contribution in [0.5, 0.6) is 5.75 Å². The van der Waals surface area contributed by atoms with Gasteiger partial charge in [-0.05, 0) is 43.9 Å². The number of nitrogens with one attached hydrogen (secondary N) is 1. The lowest BCUT2D eigenvalue weighted by Crippen LogP contribution is -2.49. The second-order valence-corrected chi connectivity index (χ2v) is 5.89. The Morgan fingerprint density at radius 1 is 1.42 bits per heavy atom. The minimum Gasteiger partial charge on any atom is -0.434 e. The van der Waals surface area contributed by atoms with Crippen LogP contribution in [-0.2, 0) is 6.54 Å². The lowest BCUT2D eigenvalue weighted by molar-refractivity contribution is -0.0505. The van der Waals surface area contributed by atoms with Crippen LogP contribution < -0.4 is 10.1 Å². The molecule has 19 heavy (non-hydrogen) atoms. The quantitative estimate of drug-likeness (QED) is 0.829. The monoisotopic (exact) mass is 333 g/mol. The summed E-state index contributed by atoms with van der Waals surface area (Å²) >= 11 is 3.36. The van der Waals surface area contributed by atoms with E-state index >= 15 is 0 Å². The third-order valence-electron chi connectivity index (χ3n) is 3.88. The van der Waals surface area contributed by atoms with Gasteiger partial charge in [0.2, 0.25) is 0 Å². The van der Waals surface area contributed by atoms with Crippen molar-refractivity contribution in [1.82, 2.24) is 5.32 Å². The van der Waals surface area contributed by atoms with Crippen LogP contribution in [-0.4, -0.2) is 12.2 Å². The zero-order valence-corrected chi connectivity index (χ0v) is 12.5. The van der Waals surface area contributed by atoms with Gasteiger partial charge in [0.15, 0.2) is 0 Å². The van der Waals surface area contributed by atoms with Crippen molar-refractivity contribution in [2.45, 2.75) is 51.3 Å².